The minimum atomic E-state index is -3.69. The van der Waals surface area contributed by atoms with Crippen LogP contribution in [0.3, 0.4) is 0 Å². The number of anilines is 1. The van der Waals surface area contributed by atoms with E-state index in [9.17, 15) is 12.6 Å². The van der Waals surface area contributed by atoms with E-state index in [4.69, 9.17) is 5.73 Å². The number of nitrogen functional groups attached to an aromatic ring is 1. The maximum Gasteiger partial charge on any atom is 0.262 e. The van der Waals surface area contributed by atoms with Crippen LogP contribution in [0, 0.1) is 0 Å². The van der Waals surface area contributed by atoms with Gasteiger partial charge in [-0.1, -0.05) is 0 Å². The van der Waals surface area contributed by atoms with Crippen LogP contribution in [0.1, 0.15) is 0 Å². The van der Waals surface area contributed by atoms with Gasteiger partial charge in [-0.15, -0.1) is 11.3 Å². The molecule has 0 radical (unpaired) electrons. The van der Waals surface area contributed by atoms with Crippen LogP contribution >= 0.6 is 11.3 Å². The highest BCUT2D eigenvalue weighted by atomic mass is 32.2. The zero-order valence-corrected chi connectivity index (χ0v) is 12.3. The van der Waals surface area contributed by atoms with E-state index in [-0.39, 0.29) is 23.9 Å². The summed E-state index contributed by atoms with van der Waals surface area (Å²) >= 11 is 1.33. The number of nitrogens with two attached hydrogens (primary N) is 1. The molecule has 19 heavy (non-hydrogen) atoms. The van der Waals surface area contributed by atoms with E-state index >= 15 is 0 Å². The highest BCUT2D eigenvalue weighted by molar-refractivity contribution is 7.89. The molecule has 1 aliphatic heterocycles. The zero-order valence-electron chi connectivity index (χ0n) is 9.85. The second-order valence-electron chi connectivity index (χ2n) is 4.11. The molecule has 10 heteroatoms. The molecule has 2 aromatic rings. The number of hydrogen-bond acceptors (Lipinski definition) is 6. The van der Waals surface area contributed by atoms with Crippen molar-refractivity contribution in [3.05, 3.63) is 11.6 Å². The van der Waals surface area contributed by atoms with E-state index in [1.165, 1.54) is 20.0 Å². The molecular weight excluding hydrogens is 308 g/mol. The smallest absolute Gasteiger partial charge is 0.262 e. The molecule has 1 saturated heterocycles. The maximum absolute atomic E-state index is 12.6. The van der Waals surface area contributed by atoms with Gasteiger partial charge in [-0.2, -0.15) is 4.31 Å². The molecule has 104 valence electrons. The normalized spacial score (nSPS) is 19.2. The fourth-order valence-corrected chi connectivity index (χ4v) is 5.70. The van der Waals surface area contributed by atoms with Gasteiger partial charge in [0.25, 0.3) is 10.0 Å². The average molecular weight is 320 g/mol. The van der Waals surface area contributed by atoms with Crippen molar-refractivity contribution in [3.63, 3.8) is 0 Å². The van der Waals surface area contributed by atoms with Crippen LogP contribution in [-0.2, 0) is 20.8 Å². The van der Waals surface area contributed by atoms with E-state index in [0.717, 1.165) is 0 Å². The molecule has 2 N–H and O–H groups in total. The molecule has 0 atom stereocenters. The molecule has 0 saturated carbocycles. The molecule has 3 rings (SSSR count). The number of imidazole rings is 1. The molecule has 7 nitrogen and oxygen atoms in total. The SMILES string of the molecule is Nc1nc2sccn2c1S(=O)(=O)N1CCS(=O)CC1. The monoisotopic (exact) mass is 320 g/mol. The Labute approximate surface area is 116 Å². The van der Waals surface area contributed by atoms with Crippen molar-refractivity contribution in [2.24, 2.45) is 0 Å². The van der Waals surface area contributed by atoms with E-state index < -0.39 is 20.8 Å². The van der Waals surface area contributed by atoms with Crippen molar-refractivity contribution < 1.29 is 12.6 Å². The molecule has 1 aliphatic rings. The van der Waals surface area contributed by atoms with Gasteiger partial charge in [-0.3, -0.25) is 8.61 Å². The van der Waals surface area contributed by atoms with Gasteiger partial charge in [0, 0.05) is 47.0 Å². The minimum Gasteiger partial charge on any atom is -0.381 e. The average Bonchev–Trinajstić information content (AvgIpc) is 2.88. The first-order valence-corrected chi connectivity index (χ1v) is 9.37. The lowest BCUT2D eigenvalue weighted by molar-refractivity contribution is 0.436. The third-order valence-electron chi connectivity index (χ3n) is 2.96. The van der Waals surface area contributed by atoms with Gasteiger partial charge in [0.15, 0.2) is 15.8 Å². The van der Waals surface area contributed by atoms with Crippen LogP contribution in [0.4, 0.5) is 5.82 Å². The Kier molecular flexibility index (Phi) is 3.12. The topological polar surface area (TPSA) is 97.8 Å². The number of fused-ring (bicyclic) bond motifs is 1. The molecule has 1 fully saturated rings. The van der Waals surface area contributed by atoms with Gasteiger partial charge in [-0.25, -0.2) is 13.4 Å². The predicted molar refractivity (Wildman–Crippen MR) is 74.1 cm³/mol. The molecular formula is C9H12N4O3S3. The summed E-state index contributed by atoms with van der Waals surface area (Å²) in [6.07, 6.45) is 1.64. The van der Waals surface area contributed by atoms with Crippen molar-refractivity contribution in [1.29, 1.82) is 0 Å². The van der Waals surface area contributed by atoms with E-state index in [1.807, 2.05) is 0 Å². The quantitative estimate of drug-likeness (QED) is 0.821. The van der Waals surface area contributed by atoms with Crippen LogP contribution in [0.2, 0.25) is 0 Å². The lowest BCUT2D eigenvalue weighted by atomic mass is 10.6. The molecule has 0 bridgehead atoms. The molecule has 0 spiro atoms. The Balaban J connectivity index is 2.06. The Morgan fingerprint density at radius 2 is 2.05 bits per heavy atom. The minimum absolute atomic E-state index is 0.0106. The molecule has 0 unspecified atom stereocenters. The van der Waals surface area contributed by atoms with Gasteiger partial charge in [0.1, 0.15) is 0 Å². The first kappa shape index (κ1) is 13.0. The fraction of sp³-hybridized carbons (Fsp3) is 0.444. The van der Waals surface area contributed by atoms with Gasteiger partial charge in [0.2, 0.25) is 0 Å². The van der Waals surface area contributed by atoms with Crippen molar-refractivity contribution in [1.82, 2.24) is 13.7 Å². The van der Waals surface area contributed by atoms with Gasteiger partial charge in [-0.05, 0) is 0 Å². The lowest BCUT2D eigenvalue weighted by Crippen LogP contribution is -2.42. The number of aromatic nitrogens is 2. The van der Waals surface area contributed by atoms with E-state index in [2.05, 4.69) is 4.98 Å². The summed E-state index contributed by atoms with van der Waals surface area (Å²) < 4.78 is 39.3. The van der Waals surface area contributed by atoms with Crippen molar-refractivity contribution in [3.8, 4) is 0 Å². The summed E-state index contributed by atoms with van der Waals surface area (Å²) in [7, 11) is -4.61. The van der Waals surface area contributed by atoms with Gasteiger partial charge in [0.05, 0.1) is 0 Å². The number of nitrogens with zero attached hydrogens (tertiary/aromatic N) is 3. The number of rotatable bonds is 2. The van der Waals surface area contributed by atoms with E-state index in [0.29, 0.717) is 16.5 Å². The van der Waals surface area contributed by atoms with Crippen molar-refractivity contribution in [2.45, 2.75) is 5.03 Å². The van der Waals surface area contributed by atoms with Crippen LogP contribution in [-0.4, -0.2) is 50.9 Å². The van der Waals surface area contributed by atoms with Crippen LogP contribution in [0.15, 0.2) is 16.6 Å². The largest absolute Gasteiger partial charge is 0.381 e. The van der Waals surface area contributed by atoms with Crippen LogP contribution < -0.4 is 5.73 Å². The lowest BCUT2D eigenvalue weighted by Gasteiger charge is -2.25. The van der Waals surface area contributed by atoms with Crippen LogP contribution in [0.25, 0.3) is 4.96 Å². The predicted octanol–water partition coefficient (Wildman–Crippen LogP) is -0.269. The summed E-state index contributed by atoms with van der Waals surface area (Å²) in [5.74, 6) is 0.744. The second kappa shape index (κ2) is 4.54. The van der Waals surface area contributed by atoms with E-state index in [1.54, 1.807) is 11.6 Å². The Bertz CT molecular complexity index is 738. The van der Waals surface area contributed by atoms with Crippen molar-refractivity contribution in [2.75, 3.05) is 30.3 Å². The van der Waals surface area contributed by atoms with Crippen molar-refractivity contribution >= 4 is 42.9 Å². The molecule has 2 aromatic heterocycles. The molecule has 0 aromatic carbocycles. The third-order valence-corrected chi connectivity index (χ3v) is 6.94. The third kappa shape index (κ3) is 2.08. The number of thiazole rings is 1. The first-order valence-electron chi connectivity index (χ1n) is 5.56. The molecule has 3 heterocycles. The molecule has 0 amide bonds. The first-order chi connectivity index (χ1) is 9.00. The maximum atomic E-state index is 12.6. The molecule has 0 aliphatic carbocycles. The van der Waals surface area contributed by atoms with Gasteiger partial charge >= 0.3 is 0 Å². The zero-order chi connectivity index (χ0) is 13.6. The number of sulfonamides is 1. The summed E-state index contributed by atoms with van der Waals surface area (Å²) in [5, 5.41) is 1.77. The number of hydrogen-bond donors (Lipinski definition) is 1. The second-order valence-corrected chi connectivity index (χ2v) is 8.53. The highest BCUT2D eigenvalue weighted by Gasteiger charge is 2.33. The summed E-state index contributed by atoms with van der Waals surface area (Å²) in [4.78, 5) is 4.60. The summed E-state index contributed by atoms with van der Waals surface area (Å²) in [5.41, 5.74) is 5.73. The Morgan fingerprint density at radius 1 is 1.37 bits per heavy atom. The standard InChI is InChI=1S/C9H12N4O3S3/c10-7-8(13-1-4-17-9(13)11-7)19(15,16)12-2-5-18(14)6-3-12/h1,4H,2-3,5-6,10H2. The fourth-order valence-electron chi connectivity index (χ4n) is 2.02. The Hall–Kier alpha value is -0.970. The highest BCUT2D eigenvalue weighted by Crippen LogP contribution is 2.26. The summed E-state index contributed by atoms with van der Waals surface area (Å²) in [6, 6.07) is 0. The van der Waals surface area contributed by atoms with Crippen LogP contribution in [0.5, 0.6) is 0 Å². The summed E-state index contributed by atoms with van der Waals surface area (Å²) in [6.45, 7) is 0.511. The Morgan fingerprint density at radius 3 is 2.74 bits per heavy atom. The van der Waals surface area contributed by atoms with Gasteiger partial charge < -0.3 is 5.73 Å².